The fourth-order valence-corrected chi connectivity index (χ4v) is 2.66. The van der Waals surface area contributed by atoms with Crippen molar-refractivity contribution in [2.24, 2.45) is 0 Å². The molecule has 0 atom stereocenters. The maximum absolute atomic E-state index is 12.2. The first-order valence-corrected chi connectivity index (χ1v) is 7.16. The zero-order valence-corrected chi connectivity index (χ0v) is 11.7. The van der Waals surface area contributed by atoms with Crippen molar-refractivity contribution in [3.05, 3.63) is 53.6 Å². The van der Waals surface area contributed by atoms with Crippen molar-refractivity contribution in [1.29, 1.82) is 0 Å². The first-order chi connectivity index (χ1) is 10.2. The number of carbonyl (C=O) groups excluding carboxylic acids is 1. The second-order valence-corrected chi connectivity index (χ2v) is 5.26. The second kappa shape index (κ2) is 5.87. The van der Waals surface area contributed by atoms with Gasteiger partial charge >= 0.3 is 0 Å². The van der Waals surface area contributed by atoms with Crippen molar-refractivity contribution in [1.82, 2.24) is 0 Å². The summed E-state index contributed by atoms with van der Waals surface area (Å²) in [5.41, 5.74) is 3.91. The summed E-state index contributed by atoms with van der Waals surface area (Å²) in [5, 5.41) is 15.7. The molecule has 21 heavy (non-hydrogen) atoms. The lowest BCUT2D eigenvalue weighted by Gasteiger charge is -2.21. The van der Waals surface area contributed by atoms with Crippen LogP contribution in [0.15, 0.2) is 42.5 Å². The highest BCUT2D eigenvalue weighted by atomic mass is 16.3. The third-order valence-electron chi connectivity index (χ3n) is 3.62. The number of aryl methyl sites for hydroxylation is 1. The van der Waals surface area contributed by atoms with Gasteiger partial charge < -0.3 is 15.7 Å². The van der Waals surface area contributed by atoms with E-state index in [0.717, 1.165) is 36.3 Å². The van der Waals surface area contributed by atoms with Crippen LogP contribution in [-0.4, -0.2) is 17.6 Å². The van der Waals surface area contributed by atoms with Gasteiger partial charge in [0.1, 0.15) is 5.75 Å². The van der Waals surface area contributed by atoms with Gasteiger partial charge in [-0.2, -0.15) is 0 Å². The number of amides is 1. The molecule has 0 aliphatic carbocycles. The van der Waals surface area contributed by atoms with Crippen LogP contribution in [0.3, 0.4) is 0 Å². The maximum Gasteiger partial charge on any atom is 0.228 e. The summed E-state index contributed by atoms with van der Waals surface area (Å²) in [5.74, 6) is 0.0976. The number of anilines is 2. The van der Waals surface area contributed by atoms with Crippen LogP contribution in [0, 0.1) is 0 Å². The lowest BCUT2D eigenvalue weighted by Crippen LogP contribution is -2.18. The molecule has 3 rings (SSSR count). The van der Waals surface area contributed by atoms with Gasteiger partial charge in [-0.1, -0.05) is 24.3 Å². The Labute approximate surface area is 123 Å². The molecule has 0 saturated carbocycles. The molecule has 2 aromatic carbocycles. The Morgan fingerprint density at radius 1 is 1.24 bits per heavy atom. The molecule has 2 aromatic rings. The number of para-hydroxylation sites is 1. The van der Waals surface area contributed by atoms with Crippen LogP contribution >= 0.6 is 0 Å². The minimum Gasteiger partial charge on any atom is -0.508 e. The predicted octanol–water partition coefficient (Wildman–Crippen LogP) is 2.93. The summed E-state index contributed by atoms with van der Waals surface area (Å²) in [6.07, 6.45) is 2.41. The van der Waals surface area contributed by atoms with Gasteiger partial charge in [0.2, 0.25) is 5.91 Å². The molecular weight excluding hydrogens is 264 g/mol. The van der Waals surface area contributed by atoms with Gasteiger partial charge in [-0.25, -0.2) is 0 Å². The molecule has 1 aliphatic rings. The molecule has 1 aliphatic heterocycles. The first-order valence-electron chi connectivity index (χ1n) is 7.16. The van der Waals surface area contributed by atoms with Gasteiger partial charge in [-0.3, -0.25) is 4.79 Å². The minimum atomic E-state index is -0.0821. The Morgan fingerprint density at radius 2 is 2.10 bits per heavy atom. The summed E-state index contributed by atoms with van der Waals surface area (Å²) >= 11 is 0. The normalized spacial score (nSPS) is 13.1. The molecule has 3 N–H and O–H groups in total. The van der Waals surface area contributed by atoms with Gasteiger partial charge in [0, 0.05) is 6.54 Å². The topological polar surface area (TPSA) is 61.4 Å². The molecule has 1 heterocycles. The molecule has 0 radical (unpaired) electrons. The fourth-order valence-electron chi connectivity index (χ4n) is 2.66. The van der Waals surface area contributed by atoms with E-state index in [9.17, 15) is 9.90 Å². The number of benzene rings is 2. The summed E-state index contributed by atoms with van der Waals surface area (Å²) in [4.78, 5) is 12.2. The van der Waals surface area contributed by atoms with Gasteiger partial charge in [0.05, 0.1) is 17.8 Å². The number of phenols is 1. The van der Waals surface area contributed by atoms with Crippen LogP contribution < -0.4 is 10.6 Å². The van der Waals surface area contributed by atoms with Gasteiger partial charge in [-0.15, -0.1) is 0 Å². The first kappa shape index (κ1) is 13.5. The lowest BCUT2D eigenvalue weighted by atomic mass is 10.0. The average Bonchev–Trinajstić information content (AvgIpc) is 2.47. The SMILES string of the molecule is O=C(Cc1cccc(O)c1)Nc1cccc2c1NCCC2. The van der Waals surface area contributed by atoms with Crippen LogP contribution in [-0.2, 0) is 17.6 Å². The van der Waals surface area contributed by atoms with E-state index in [2.05, 4.69) is 16.7 Å². The van der Waals surface area contributed by atoms with E-state index in [4.69, 9.17) is 0 Å². The Bertz CT molecular complexity index is 668. The number of carbonyl (C=O) groups is 1. The quantitative estimate of drug-likeness (QED) is 0.811. The van der Waals surface area contributed by atoms with Crippen molar-refractivity contribution < 1.29 is 9.90 Å². The highest BCUT2D eigenvalue weighted by Crippen LogP contribution is 2.30. The molecule has 0 spiro atoms. The summed E-state index contributed by atoms with van der Waals surface area (Å²) in [6.45, 7) is 0.937. The second-order valence-electron chi connectivity index (χ2n) is 5.26. The monoisotopic (exact) mass is 282 g/mol. The Hall–Kier alpha value is -2.49. The zero-order chi connectivity index (χ0) is 14.7. The number of rotatable bonds is 3. The highest BCUT2D eigenvalue weighted by molar-refractivity contribution is 5.96. The standard InChI is InChI=1S/C17H18N2O2/c20-14-7-1-4-12(10-14)11-16(21)19-15-8-2-5-13-6-3-9-18-17(13)15/h1-2,4-5,7-8,10,18,20H,3,6,9,11H2,(H,19,21). The third kappa shape index (κ3) is 3.16. The Morgan fingerprint density at radius 3 is 2.95 bits per heavy atom. The van der Waals surface area contributed by atoms with Gasteiger partial charge in [0.15, 0.2) is 0 Å². The average molecular weight is 282 g/mol. The smallest absolute Gasteiger partial charge is 0.228 e. The number of nitrogens with one attached hydrogen (secondary N) is 2. The Balaban J connectivity index is 1.73. The van der Waals surface area contributed by atoms with Crippen molar-refractivity contribution in [3.8, 4) is 5.75 Å². The van der Waals surface area contributed by atoms with Crippen LogP contribution in [0.2, 0.25) is 0 Å². The fraction of sp³-hybridized carbons (Fsp3) is 0.235. The maximum atomic E-state index is 12.2. The van der Waals surface area contributed by atoms with Crippen LogP contribution in [0.1, 0.15) is 17.5 Å². The van der Waals surface area contributed by atoms with Crippen molar-refractivity contribution in [2.75, 3.05) is 17.2 Å². The van der Waals surface area contributed by atoms with Crippen LogP contribution in [0.5, 0.6) is 5.75 Å². The number of hydrogen-bond donors (Lipinski definition) is 3. The summed E-state index contributed by atoms with van der Waals surface area (Å²) in [6, 6.07) is 12.7. The molecule has 4 nitrogen and oxygen atoms in total. The van der Waals surface area contributed by atoms with E-state index < -0.39 is 0 Å². The molecular formula is C17H18N2O2. The highest BCUT2D eigenvalue weighted by Gasteiger charge is 2.14. The number of phenolic OH excluding ortho intramolecular Hbond substituents is 1. The molecule has 4 heteroatoms. The molecule has 0 aromatic heterocycles. The van der Waals surface area contributed by atoms with E-state index in [-0.39, 0.29) is 18.1 Å². The largest absolute Gasteiger partial charge is 0.508 e. The summed E-state index contributed by atoms with van der Waals surface area (Å²) in [7, 11) is 0. The van der Waals surface area contributed by atoms with Crippen LogP contribution in [0.4, 0.5) is 11.4 Å². The van der Waals surface area contributed by atoms with Crippen LogP contribution in [0.25, 0.3) is 0 Å². The van der Waals surface area contributed by atoms with E-state index in [1.165, 1.54) is 5.56 Å². The van der Waals surface area contributed by atoms with E-state index in [0.29, 0.717) is 0 Å². The molecule has 0 saturated heterocycles. The number of fused-ring (bicyclic) bond motifs is 1. The molecule has 1 amide bonds. The van der Waals surface area contributed by atoms with E-state index >= 15 is 0 Å². The number of hydrogen-bond acceptors (Lipinski definition) is 3. The number of aromatic hydroxyl groups is 1. The molecule has 0 fully saturated rings. The van der Waals surface area contributed by atoms with Crippen molar-refractivity contribution in [2.45, 2.75) is 19.3 Å². The zero-order valence-electron chi connectivity index (χ0n) is 11.7. The summed E-state index contributed by atoms with van der Waals surface area (Å²) < 4.78 is 0. The molecule has 0 unspecified atom stereocenters. The minimum absolute atomic E-state index is 0.0821. The lowest BCUT2D eigenvalue weighted by molar-refractivity contribution is -0.115. The van der Waals surface area contributed by atoms with Crippen molar-refractivity contribution in [3.63, 3.8) is 0 Å². The van der Waals surface area contributed by atoms with Gasteiger partial charge in [0.25, 0.3) is 0 Å². The van der Waals surface area contributed by atoms with Crippen molar-refractivity contribution >= 4 is 17.3 Å². The molecule has 108 valence electrons. The van der Waals surface area contributed by atoms with E-state index in [1.807, 2.05) is 18.2 Å². The van der Waals surface area contributed by atoms with E-state index in [1.54, 1.807) is 18.2 Å². The third-order valence-corrected chi connectivity index (χ3v) is 3.62. The molecule has 0 bridgehead atoms. The predicted molar refractivity (Wildman–Crippen MR) is 83.7 cm³/mol. The Kier molecular flexibility index (Phi) is 3.77. The van der Waals surface area contributed by atoms with Gasteiger partial charge in [-0.05, 0) is 42.2 Å².